The van der Waals surface area contributed by atoms with Gasteiger partial charge in [-0.3, -0.25) is 14.3 Å². The lowest BCUT2D eigenvalue weighted by molar-refractivity contribution is 0.0956. The van der Waals surface area contributed by atoms with Crippen molar-refractivity contribution in [1.29, 1.82) is 0 Å². The number of amides is 1. The van der Waals surface area contributed by atoms with Crippen molar-refractivity contribution in [2.75, 3.05) is 6.54 Å². The number of carbonyl (C=O) groups is 1. The van der Waals surface area contributed by atoms with Gasteiger partial charge < -0.3 is 5.32 Å². The number of rotatable bonds is 6. The number of thiophene rings is 1. The lowest BCUT2D eigenvalue weighted by atomic mass is 10.3. The maximum atomic E-state index is 12.7. The summed E-state index contributed by atoms with van der Waals surface area (Å²) in [5.74, 6) is 0.422. The molecule has 9 heteroatoms. The highest BCUT2D eigenvalue weighted by Gasteiger charge is 2.30. The molecule has 3 aromatic rings. The summed E-state index contributed by atoms with van der Waals surface area (Å²) >= 11 is 7.06. The van der Waals surface area contributed by atoms with Crippen LogP contribution in [0.1, 0.15) is 28.6 Å². The Morgan fingerprint density at radius 2 is 2.19 bits per heavy atom. The summed E-state index contributed by atoms with van der Waals surface area (Å²) in [4.78, 5) is 29.4. The van der Waals surface area contributed by atoms with Crippen LogP contribution in [0.25, 0.3) is 11.4 Å². The average Bonchev–Trinajstić information content (AvgIpc) is 3.30. The molecule has 1 saturated carbocycles. The first-order valence-electron chi connectivity index (χ1n) is 8.27. The number of aromatic nitrogens is 4. The van der Waals surface area contributed by atoms with Gasteiger partial charge in [-0.25, -0.2) is 9.48 Å². The molecule has 0 saturated heterocycles. The highest BCUT2D eigenvalue weighted by atomic mass is 35.5. The summed E-state index contributed by atoms with van der Waals surface area (Å²) in [6, 6.07) is 7.28. The number of hydrogen-bond acceptors (Lipinski definition) is 5. The normalized spacial score (nSPS) is 13.7. The van der Waals surface area contributed by atoms with Gasteiger partial charge in [0.15, 0.2) is 5.82 Å². The maximum Gasteiger partial charge on any atom is 0.346 e. The molecule has 0 bridgehead atoms. The average molecular weight is 390 g/mol. The van der Waals surface area contributed by atoms with Crippen molar-refractivity contribution in [2.24, 2.45) is 0 Å². The molecule has 0 atom stereocenters. The van der Waals surface area contributed by atoms with Gasteiger partial charge in [-0.05, 0) is 37.1 Å². The number of halogens is 1. The predicted octanol–water partition coefficient (Wildman–Crippen LogP) is 2.59. The second-order valence-corrected chi connectivity index (χ2v) is 7.75. The second kappa shape index (κ2) is 7.05. The summed E-state index contributed by atoms with van der Waals surface area (Å²) in [6.45, 7) is 0.610. The molecule has 134 valence electrons. The molecule has 1 aliphatic rings. The van der Waals surface area contributed by atoms with Crippen molar-refractivity contribution in [3.63, 3.8) is 0 Å². The van der Waals surface area contributed by atoms with Crippen LogP contribution in [0.15, 0.2) is 41.5 Å². The van der Waals surface area contributed by atoms with Gasteiger partial charge >= 0.3 is 5.69 Å². The maximum absolute atomic E-state index is 12.7. The molecule has 7 nitrogen and oxygen atoms in total. The Morgan fingerprint density at radius 1 is 1.35 bits per heavy atom. The molecule has 1 N–H and O–H groups in total. The van der Waals surface area contributed by atoms with Crippen LogP contribution in [-0.2, 0) is 6.54 Å². The lowest BCUT2D eigenvalue weighted by Crippen LogP contribution is -2.31. The van der Waals surface area contributed by atoms with E-state index in [0.717, 1.165) is 18.4 Å². The molecule has 0 radical (unpaired) electrons. The van der Waals surface area contributed by atoms with Crippen molar-refractivity contribution >= 4 is 28.8 Å². The third-order valence-electron chi connectivity index (χ3n) is 4.11. The van der Waals surface area contributed by atoms with E-state index in [1.54, 1.807) is 29.1 Å². The minimum atomic E-state index is -0.205. The molecule has 0 unspecified atom stereocenters. The zero-order chi connectivity index (χ0) is 18.1. The summed E-state index contributed by atoms with van der Waals surface area (Å²) in [5.41, 5.74) is 0.660. The Bertz CT molecular complexity index is 990. The van der Waals surface area contributed by atoms with E-state index in [2.05, 4.69) is 15.4 Å². The third-order valence-corrected chi connectivity index (χ3v) is 5.34. The highest BCUT2D eigenvalue weighted by Crippen LogP contribution is 2.36. The molecule has 3 heterocycles. The van der Waals surface area contributed by atoms with Gasteiger partial charge in [0.2, 0.25) is 0 Å². The van der Waals surface area contributed by atoms with E-state index in [0.29, 0.717) is 28.1 Å². The Kier molecular flexibility index (Phi) is 4.60. The van der Waals surface area contributed by atoms with E-state index in [-0.39, 0.29) is 17.6 Å². The second-order valence-electron chi connectivity index (χ2n) is 6.03. The minimum absolute atomic E-state index is 0.153. The smallest absolute Gasteiger partial charge is 0.346 e. The zero-order valence-electron chi connectivity index (χ0n) is 13.8. The topological polar surface area (TPSA) is 81.8 Å². The highest BCUT2D eigenvalue weighted by molar-refractivity contribution is 7.17. The quantitative estimate of drug-likeness (QED) is 0.702. The summed E-state index contributed by atoms with van der Waals surface area (Å²) in [7, 11) is 0. The fourth-order valence-corrected chi connectivity index (χ4v) is 3.68. The largest absolute Gasteiger partial charge is 0.349 e. The van der Waals surface area contributed by atoms with E-state index in [4.69, 9.17) is 11.6 Å². The molecule has 0 aliphatic heterocycles. The van der Waals surface area contributed by atoms with Gasteiger partial charge in [0.05, 0.1) is 15.8 Å². The van der Waals surface area contributed by atoms with Crippen LogP contribution in [0.2, 0.25) is 4.34 Å². The fourth-order valence-electron chi connectivity index (χ4n) is 2.72. The predicted molar refractivity (Wildman–Crippen MR) is 99.7 cm³/mol. The first kappa shape index (κ1) is 17.0. The fraction of sp³-hybridized carbons (Fsp3) is 0.294. The monoisotopic (exact) mass is 389 g/mol. The molecular formula is C17H16ClN5O2S. The van der Waals surface area contributed by atoms with Crippen molar-refractivity contribution in [3.8, 4) is 11.4 Å². The molecule has 1 fully saturated rings. The summed E-state index contributed by atoms with van der Waals surface area (Å²) in [5, 5.41) is 7.27. The lowest BCUT2D eigenvalue weighted by Gasteiger charge is -2.02. The van der Waals surface area contributed by atoms with Crippen molar-refractivity contribution < 1.29 is 4.79 Å². The molecule has 3 aromatic heterocycles. The van der Waals surface area contributed by atoms with Crippen LogP contribution in [0, 0.1) is 0 Å². The van der Waals surface area contributed by atoms with Crippen LogP contribution in [0.4, 0.5) is 0 Å². The summed E-state index contributed by atoms with van der Waals surface area (Å²) in [6.07, 6.45) is 5.35. The molecule has 0 aromatic carbocycles. The molecule has 1 aliphatic carbocycles. The Balaban J connectivity index is 1.50. The van der Waals surface area contributed by atoms with Gasteiger partial charge in [0, 0.05) is 30.5 Å². The van der Waals surface area contributed by atoms with Crippen LogP contribution >= 0.6 is 22.9 Å². The van der Waals surface area contributed by atoms with Crippen LogP contribution in [-0.4, -0.2) is 31.8 Å². The third kappa shape index (κ3) is 3.42. The molecule has 4 rings (SSSR count). The van der Waals surface area contributed by atoms with Crippen LogP contribution in [0.5, 0.6) is 0 Å². The van der Waals surface area contributed by atoms with Gasteiger partial charge in [0.25, 0.3) is 5.91 Å². The Hall–Kier alpha value is -2.45. The van der Waals surface area contributed by atoms with Gasteiger partial charge in [-0.1, -0.05) is 11.6 Å². The van der Waals surface area contributed by atoms with E-state index in [9.17, 15) is 9.59 Å². The number of hydrogen-bond donors (Lipinski definition) is 1. The number of nitrogens with one attached hydrogen (secondary N) is 1. The van der Waals surface area contributed by atoms with E-state index in [1.165, 1.54) is 16.0 Å². The SMILES string of the molecule is O=C(NCCn1nc(-c2cccnc2)n(C2CC2)c1=O)c1ccc(Cl)s1. The standard InChI is InChI=1S/C17H16ClN5O2S/c18-14-6-5-13(26-14)16(24)20-8-9-22-17(25)23(12-3-4-12)15(21-22)11-2-1-7-19-10-11/h1-2,5-7,10,12H,3-4,8-9H2,(H,20,24). The molecular weight excluding hydrogens is 374 g/mol. The van der Waals surface area contributed by atoms with Crippen molar-refractivity contribution in [2.45, 2.75) is 25.4 Å². The number of nitrogens with zero attached hydrogens (tertiary/aromatic N) is 4. The van der Waals surface area contributed by atoms with Crippen LogP contribution < -0.4 is 11.0 Å². The van der Waals surface area contributed by atoms with Crippen molar-refractivity contribution in [3.05, 3.63) is 56.4 Å². The summed E-state index contributed by atoms with van der Waals surface area (Å²) < 4.78 is 3.70. The van der Waals surface area contributed by atoms with Gasteiger partial charge in [-0.15, -0.1) is 16.4 Å². The number of carbonyl (C=O) groups excluding carboxylic acids is 1. The van der Waals surface area contributed by atoms with Crippen LogP contribution in [0.3, 0.4) is 0 Å². The van der Waals surface area contributed by atoms with Gasteiger partial charge in [0.1, 0.15) is 0 Å². The van der Waals surface area contributed by atoms with Gasteiger partial charge in [-0.2, -0.15) is 0 Å². The first-order valence-corrected chi connectivity index (χ1v) is 9.46. The first-order chi connectivity index (χ1) is 12.6. The van der Waals surface area contributed by atoms with E-state index >= 15 is 0 Å². The minimum Gasteiger partial charge on any atom is -0.349 e. The zero-order valence-corrected chi connectivity index (χ0v) is 15.3. The molecule has 26 heavy (non-hydrogen) atoms. The molecule has 0 spiro atoms. The van der Waals surface area contributed by atoms with E-state index in [1.807, 2.05) is 12.1 Å². The van der Waals surface area contributed by atoms with Crippen molar-refractivity contribution in [1.82, 2.24) is 24.6 Å². The van der Waals surface area contributed by atoms with E-state index < -0.39 is 0 Å². The number of pyridine rings is 1. The Labute approximate surface area is 158 Å². The molecule has 1 amide bonds. The Morgan fingerprint density at radius 3 is 2.85 bits per heavy atom.